The molecule has 2 nitrogen and oxygen atoms in total. The first kappa shape index (κ1) is 8.21. The molecule has 60 valence electrons. The van der Waals surface area contributed by atoms with Gasteiger partial charge in [0.1, 0.15) is 0 Å². The fraction of sp³-hybridized carbons (Fsp3) is 0.444. The highest BCUT2D eigenvalue weighted by Crippen LogP contribution is 2.19. The predicted molar refractivity (Wildman–Crippen MR) is 44.0 cm³/mol. The third kappa shape index (κ3) is 2.02. The maximum Gasteiger partial charge on any atom is 0.0827 e. The second kappa shape index (κ2) is 3.49. The van der Waals surface area contributed by atoms with Crippen LogP contribution in [0.2, 0.25) is 0 Å². The first-order valence-corrected chi connectivity index (χ1v) is 3.80. The van der Waals surface area contributed by atoms with Gasteiger partial charge in [-0.15, -0.1) is 0 Å². The van der Waals surface area contributed by atoms with Gasteiger partial charge >= 0.3 is 0 Å². The third-order valence-electron chi connectivity index (χ3n) is 1.66. The van der Waals surface area contributed by atoms with Crippen molar-refractivity contribution >= 4 is 0 Å². The van der Waals surface area contributed by atoms with Crippen LogP contribution in [0.4, 0.5) is 0 Å². The zero-order valence-electron chi connectivity index (χ0n) is 6.86. The predicted octanol–water partition coefficient (Wildman–Crippen LogP) is 1.77. The Morgan fingerprint density at radius 2 is 2.18 bits per heavy atom. The lowest BCUT2D eigenvalue weighted by Crippen LogP contribution is -2.05. The molecule has 0 radical (unpaired) electrons. The van der Waals surface area contributed by atoms with Crippen LogP contribution in [0.1, 0.15) is 25.5 Å². The molecule has 0 aliphatic heterocycles. The van der Waals surface area contributed by atoms with Gasteiger partial charge in [-0.3, -0.25) is 4.98 Å². The highest BCUT2D eigenvalue weighted by molar-refractivity contribution is 5.11. The Bertz CT molecular complexity index is 208. The van der Waals surface area contributed by atoms with Crippen LogP contribution in [-0.4, -0.2) is 10.1 Å². The third-order valence-corrected chi connectivity index (χ3v) is 1.66. The van der Waals surface area contributed by atoms with Gasteiger partial charge < -0.3 is 5.11 Å². The van der Waals surface area contributed by atoms with E-state index < -0.39 is 0 Å². The van der Waals surface area contributed by atoms with Crippen molar-refractivity contribution in [2.45, 2.75) is 20.0 Å². The minimum Gasteiger partial charge on any atom is -0.388 e. The second-order valence-electron chi connectivity index (χ2n) is 2.98. The monoisotopic (exact) mass is 151 g/mol. The molecule has 1 aromatic heterocycles. The molecule has 1 N–H and O–H groups in total. The van der Waals surface area contributed by atoms with Crippen LogP contribution in [0.3, 0.4) is 0 Å². The van der Waals surface area contributed by atoms with E-state index in [1.807, 2.05) is 26.0 Å². The summed E-state index contributed by atoms with van der Waals surface area (Å²) in [6, 6.07) is 3.72. The topological polar surface area (TPSA) is 33.1 Å². The average Bonchev–Trinajstić information content (AvgIpc) is 2.05. The normalized spacial score (nSPS) is 13.5. The molecular weight excluding hydrogens is 138 g/mol. The molecule has 0 unspecified atom stereocenters. The Morgan fingerprint density at radius 3 is 2.64 bits per heavy atom. The summed E-state index contributed by atoms with van der Waals surface area (Å²) in [5.41, 5.74) is 0.891. The SMILES string of the molecule is CC(C)[C@@H](O)c1cccnc1. The summed E-state index contributed by atoms with van der Waals surface area (Å²) >= 11 is 0. The van der Waals surface area contributed by atoms with Gasteiger partial charge in [-0.25, -0.2) is 0 Å². The van der Waals surface area contributed by atoms with E-state index in [1.54, 1.807) is 12.4 Å². The fourth-order valence-electron chi connectivity index (χ4n) is 0.936. The van der Waals surface area contributed by atoms with E-state index >= 15 is 0 Å². The molecule has 1 rings (SSSR count). The van der Waals surface area contributed by atoms with Crippen molar-refractivity contribution < 1.29 is 5.11 Å². The molecule has 0 saturated heterocycles. The molecule has 11 heavy (non-hydrogen) atoms. The summed E-state index contributed by atoms with van der Waals surface area (Å²) in [7, 11) is 0. The first-order chi connectivity index (χ1) is 5.22. The van der Waals surface area contributed by atoms with E-state index in [2.05, 4.69) is 4.98 Å². The lowest BCUT2D eigenvalue weighted by Gasteiger charge is -2.13. The van der Waals surface area contributed by atoms with Crippen LogP contribution in [0.25, 0.3) is 0 Å². The summed E-state index contributed by atoms with van der Waals surface area (Å²) in [6.07, 6.45) is 3.02. The number of aromatic nitrogens is 1. The van der Waals surface area contributed by atoms with Crippen LogP contribution in [0.5, 0.6) is 0 Å². The van der Waals surface area contributed by atoms with Crippen LogP contribution in [0.15, 0.2) is 24.5 Å². The lowest BCUT2D eigenvalue weighted by molar-refractivity contribution is 0.126. The number of pyridine rings is 1. The number of aliphatic hydroxyl groups excluding tert-OH is 1. The Labute approximate surface area is 66.9 Å². The Balaban J connectivity index is 2.77. The second-order valence-corrected chi connectivity index (χ2v) is 2.98. The molecular formula is C9H13NO. The van der Waals surface area contributed by atoms with Crippen LogP contribution >= 0.6 is 0 Å². The van der Waals surface area contributed by atoms with E-state index in [0.717, 1.165) is 5.56 Å². The van der Waals surface area contributed by atoms with Crippen molar-refractivity contribution in [3.8, 4) is 0 Å². The van der Waals surface area contributed by atoms with Gasteiger partial charge in [-0.1, -0.05) is 19.9 Å². The molecule has 1 atom stereocenters. The van der Waals surface area contributed by atoms with Gasteiger partial charge in [0.15, 0.2) is 0 Å². The van der Waals surface area contributed by atoms with Gasteiger partial charge in [0, 0.05) is 12.4 Å². The maximum absolute atomic E-state index is 9.56. The van der Waals surface area contributed by atoms with Crippen molar-refractivity contribution in [2.24, 2.45) is 5.92 Å². The Morgan fingerprint density at radius 1 is 1.45 bits per heavy atom. The fourth-order valence-corrected chi connectivity index (χ4v) is 0.936. The highest BCUT2D eigenvalue weighted by Gasteiger charge is 2.10. The van der Waals surface area contributed by atoms with Gasteiger partial charge in [-0.2, -0.15) is 0 Å². The van der Waals surface area contributed by atoms with Crippen LogP contribution < -0.4 is 0 Å². The lowest BCUT2D eigenvalue weighted by atomic mass is 10.0. The first-order valence-electron chi connectivity index (χ1n) is 3.80. The van der Waals surface area contributed by atoms with Gasteiger partial charge in [0.2, 0.25) is 0 Å². The average molecular weight is 151 g/mol. The number of rotatable bonds is 2. The molecule has 0 bridgehead atoms. The van der Waals surface area contributed by atoms with E-state index in [0.29, 0.717) is 0 Å². The number of hydrogen-bond donors (Lipinski definition) is 1. The number of aliphatic hydroxyl groups is 1. The summed E-state index contributed by atoms with van der Waals surface area (Å²) < 4.78 is 0. The minimum absolute atomic E-state index is 0.249. The minimum atomic E-state index is -0.385. The van der Waals surface area contributed by atoms with E-state index in [-0.39, 0.29) is 12.0 Å². The van der Waals surface area contributed by atoms with Crippen molar-refractivity contribution in [1.29, 1.82) is 0 Å². The standard InChI is InChI=1S/C9H13NO/c1-7(2)9(11)8-4-3-5-10-6-8/h3-7,9,11H,1-2H3/t9-/m1/s1. The molecule has 0 aliphatic rings. The van der Waals surface area contributed by atoms with Gasteiger partial charge in [0.05, 0.1) is 6.10 Å². The van der Waals surface area contributed by atoms with Crippen LogP contribution in [-0.2, 0) is 0 Å². The van der Waals surface area contributed by atoms with Crippen molar-refractivity contribution in [3.05, 3.63) is 30.1 Å². The van der Waals surface area contributed by atoms with Crippen molar-refractivity contribution in [3.63, 3.8) is 0 Å². The largest absolute Gasteiger partial charge is 0.388 e. The molecule has 1 heterocycles. The molecule has 0 saturated carbocycles. The molecule has 0 amide bonds. The van der Waals surface area contributed by atoms with E-state index in [4.69, 9.17) is 0 Å². The smallest absolute Gasteiger partial charge is 0.0827 e. The molecule has 1 aromatic rings. The van der Waals surface area contributed by atoms with E-state index in [9.17, 15) is 5.11 Å². The molecule has 0 aliphatic carbocycles. The quantitative estimate of drug-likeness (QED) is 0.698. The van der Waals surface area contributed by atoms with Gasteiger partial charge in [0.25, 0.3) is 0 Å². The summed E-state index contributed by atoms with van der Waals surface area (Å²) in [5, 5.41) is 9.56. The maximum atomic E-state index is 9.56. The molecule has 0 fully saturated rings. The van der Waals surface area contributed by atoms with E-state index in [1.165, 1.54) is 0 Å². The number of hydrogen-bond acceptors (Lipinski definition) is 2. The highest BCUT2D eigenvalue weighted by atomic mass is 16.3. The Hall–Kier alpha value is -0.890. The summed E-state index contributed by atoms with van der Waals surface area (Å²) in [5.74, 6) is 0.249. The summed E-state index contributed by atoms with van der Waals surface area (Å²) in [6.45, 7) is 3.97. The number of nitrogens with zero attached hydrogens (tertiary/aromatic N) is 1. The van der Waals surface area contributed by atoms with Crippen molar-refractivity contribution in [1.82, 2.24) is 4.98 Å². The zero-order valence-corrected chi connectivity index (χ0v) is 6.86. The molecule has 0 aromatic carbocycles. The zero-order chi connectivity index (χ0) is 8.27. The van der Waals surface area contributed by atoms with Crippen molar-refractivity contribution in [2.75, 3.05) is 0 Å². The van der Waals surface area contributed by atoms with Gasteiger partial charge in [-0.05, 0) is 17.5 Å². The molecule has 0 spiro atoms. The summed E-state index contributed by atoms with van der Waals surface area (Å²) in [4.78, 5) is 3.93. The Kier molecular flexibility index (Phi) is 2.60. The molecule has 2 heteroatoms. The van der Waals surface area contributed by atoms with Crippen LogP contribution in [0, 0.1) is 5.92 Å².